The second-order valence-electron chi connectivity index (χ2n) is 10.8. The monoisotopic (exact) mass is 478 g/mol. The molecule has 5 N–H and O–H groups in total. The summed E-state index contributed by atoms with van der Waals surface area (Å²) in [5.41, 5.74) is 11.4. The largest absolute Gasteiger partial charge is 0.386 e. The maximum absolute atomic E-state index is 6.14. The van der Waals surface area contributed by atoms with Gasteiger partial charge in [-0.1, -0.05) is 43.4 Å². The second kappa shape index (κ2) is 9.24. The van der Waals surface area contributed by atoms with Crippen molar-refractivity contribution in [2.45, 2.75) is 57.2 Å². The Hall–Kier alpha value is -3.40. The van der Waals surface area contributed by atoms with Crippen LogP contribution in [0.3, 0.4) is 0 Å². The van der Waals surface area contributed by atoms with Crippen LogP contribution in [0.5, 0.6) is 0 Å². The summed E-state index contributed by atoms with van der Waals surface area (Å²) in [7, 11) is 0. The number of nitrogens with one attached hydrogen (secondary N) is 3. The predicted octanol–water partition coefficient (Wildman–Crippen LogP) is 4.67. The number of benzene rings is 2. The number of aliphatic imine (C=N–C) groups is 1. The smallest absolute Gasteiger partial charge is 0.123 e. The van der Waals surface area contributed by atoms with Crippen LogP contribution in [0.1, 0.15) is 62.5 Å². The minimum Gasteiger partial charge on any atom is -0.386 e. The molecule has 36 heavy (non-hydrogen) atoms. The molecule has 2 saturated carbocycles. The number of nitrogens with zero attached hydrogens (tertiary/aromatic N) is 2. The molecule has 6 heteroatoms. The van der Waals surface area contributed by atoms with Crippen molar-refractivity contribution >= 4 is 11.5 Å². The molecule has 0 radical (unpaired) electrons. The van der Waals surface area contributed by atoms with Crippen LogP contribution in [0.15, 0.2) is 59.7 Å². The Balaban J connectivity index is 1.08. The molecule has 3 aromatic rings. The van der Waals surface area contributed by atoms with Gasteiger partial charge in [-0.3, -0.25) is 0 Å². The SMILES string of the molecule is CCC1C[C@H]1NCC(N)=Nc1cccc(C#Cc2ccc(-c3cnc([C@@H]4C[C@H]5CC5(C)N4)[nH]3)cc2)c1. The minimum absolute atomic E-state index is 0.335. The topological polar surface area (TPSA) is 91.1 Å². The van der Waals surface area contributed by atoms with Gasteiger partial charge in [0.15, 0.2) is 0 Å². The average Bonchev–Trinajstić information content (AvgIpc) is 3.67. The third-order valence-electron chi connectivity index (χ3n) is 8.02. The van der Waals surface area contributed by atoms with Gasteiger partial charge < -0.3 is 21.4 Å². The zero-order chi connectivity index (χ0) is 24.7. The van der Waals surface area contributed by atoms with E-state index in [4.69, 9.17) is 5.73 Å². The zero-order valence-corrected chi connectivity index (χ0v) is 21.0. The molecule has 6 nitrogen and oxygen atoms in total. The second-order valence-corrected chi connectivity index (χ2v) is 10.8. The Labute approximate surface area is 213 Å². The molecular weight excluding hydrogens is 444 g/mol. The first-order valence-electron chi connectivity index (χ1n) is 13.1. The zero-order valence-electron chi connectivity index (χ0n) is 21.0. The molecule has 5 atom stereocenters. The van der Waals surface area contributed by atoms with E-state index in [2.05, 4.69) is 75.5 Å². The van der Waals surface area contributed by atoms with Crippen molar-refractivity contribution in [3.05, 3.63) is 71.7 Å². The van der Waals surface area contributed by atoms with E-state index in [1.54, 1.807) is 0 Å². The normalized spacial score (nSPS) is 28.3. The fourth-order valence-electron chi connectivity index (χ4n) is 5.48. The van der Waals surface area contributed by atoms with E-state index in [0.29, 0.717) is 30.0 Å². The number of hydrogen-bond donors (Lipinski definition) is 4. The van der Waals surface area contributed by atoms with Crippen LogP contribution >= 0.6 is 0 Å². The van der Waals surface area contributed by atoms with Crippen molar-refractivity contribution in [1.29, 1.82) is 0 Å². The van der Waals surface area contributed by atoms with E-state index in [1.807, 2.05) is 30.5 Å². The maximum atomic E-state index is 6.14. The lowest BCUT2D eigenvalue weighted by atomic mass is 10.1. The molecule has 0 amide bonds. The van der Waals surface area contributed by atoms with E-state index in [-0.39, 0.29) is 0 Å². The van der Waals surface area contributed by atoms with Crippen LogP contribution < -0.4 is 16.4 Å². The number of imidazole rings is 1. The van der Waals surface area contributed by atoms with Crippen LogP contribution in [-0.4, -0.2) is 33.9 Å². The van der Waals surface area contributed by atoms with Gasteiger partial charge in [0.25, 0.3) is 0 Å². The molecule has 0 bridgehead atoms. The number of fused-ring (bicyclic) bond motifs is 1. The van der Waals surface area contributed by atoms with Crippen molar-refractivity contribution in [3.63, 3.8) is 0 Å². The van der Waals surface area contributed by atoms with Gasteiger partial charge in [-0.25, -0.2) is 9.98 Å². The van der Waals surface area contributed by atoms with E-state index < -0.39 is 0 Å². The van der Waals surface area contributed by atoms with Gasteiger partial charge in [0.05, 0.1) is 30.2 Å². The quantitative estimate of drug-likeness (QED) is 0.226. The molecular formula is C30H34N6. The van der Waals surface area contributed by atoms with Gasteiger partial charge in [-0.15, -0.1) is 0 Å². The predicted molar refractivity (Wildman–Crippen MR) is 145 cm³/mol. The number of hydrogen-bond acceptors (Lipinski definition) is 4. The van der Waals surface area contributed by atoms with Gasteiger partial charge in [-0.05, 0) is 73.9 Å². The Morgan fingerprint density at radius 2 is 2.00 bits per heavy atom. The highest BCUT2D eigenvalue weighted by atomic mass is 15.1. The number of nitrogens with two attached hydrogens (primary N) is 1. The highest BCUT2D eigenvalue weighted by Crippen LogP contribution is 2.54. The van der Waals surface area contributed by atoms with Crippen LogP contribution in [0, 0.1) is 23.7 Å². The summed E-state index contributed by atoms with van der Waals surface area (Å²) in [5.74, 6) is 9.77. The Morgan fingerprint density at radius 1 is 1.17 bits per heavy atom. The summed E-state index contributed by atoms with van der Waals surface area (Å²) in [5, 5.41) is 7.21. The maximum Gasteiger partial charge on any atom is 0.123 e. The fourth-order valence-corrected chi connectivity index (χ4v) is 5.48. The summed E-state index contributed by atoms with van der Waals surface area (Å²) in [4.78, 5) is 12.7. The third kappa shape index (κ3) is 4.95. The van der Waals surface area contributed by atoms with Gasteiger partial charge in [0.1, 0.15) is 11.7 Å². The number of rotatable bonds is 7. The van der Waals surface area contributed by atoms with E-state index >= 15 is 0 Å². The van der Waals surface area contributed by atoms with Gasteiger partial charge in [-0.2, -0.15) is 0 Å². The molecule has 1 aromatic heterocycles. The van der Waals surface area contributed by atoms with Crippen molar-refractivity contribution in [3.8, 4) is 23.1 Å². The molecule has 1 saturated heterocycles. The van der Waals surface area contributed by atoms with Crippen molar-refractivity contribution < 1.29 is 0 Å². The van der Waals surface area contributed by atoms with E-state index in [9.17, 15) is 0 Å². The summed E-state index contributed by atoms with van der Waals surface area (Å²) >= 11 is 0. The van der Waals surface area contributed by atoms with Crippen LogP contribution in [-0.2, 0) is 0 Å². The summed E-state index contributed by atoms with van der Waals surface area (Å²) in [6.07, 6.45) is 6.87. The lowest BCUT2D eigenvalue weighted by Gasteiger charge is -2.13. The highest BCUT2D eigenvalue weighted by molar-refractivity contribution is 5.85. The van der Waals surface area contributed by atoms with Crippen LogP contribution in [0.4, 0.5) is 5.69 Å². The average molecular weight is 479 g/mol. The third-order valence-corrected chi connectivity index (χ3v) is 8.02. The Morgan fingerprint density at radius 3 is 2.75 bits per heavy atom. The molecule has 3 aliphatic rings. The standard InChI is InChI=1S/C30H34N6/c1-3-21-14-25(21)32-18-28(31)34-24-6-4-5-20(13-24)8-7-19-9-11-22(12-10-19)27-17-33-29(35-27)26-15-23-16-30(23,2)36-26/h4-6,9-13,17,21,23,25-26,32,36H,3,14-16,18H2,1-2H3,(H2,31,34)(H,33,35)/t21?,23-,25+,26-,30?/m0/s1. The molecule has 184 valence electrons. The Bertz CT molecular complexity index is 1340. The molecule has 1 aliphatic heterocycles. The van der Waals surface area contributed by atoms with Gasteiger partial charge >= 0.3 is 0 Å². The lowest BCUT2D eigenvalue weighted by molar-refractivity contribution is 0.489. The lowest BCUT2D eigenvalue weighted by Crippen LogP contribution is -2.31. The number of H-pyrrole nitrogens is 1. The van der Waals surface area contributed by atoms with Crippen molar-refractivity contribution in [1.82, 2.24) is 20.6 Å². The van der Waals surface area contributed by atoms with Crippen LogP contribution in [0.2, 0.25) is 0 Å². The Kier molecular flexibility index (Phi) is 5.91. The summed E-state index contributed by atoms with van der Waals surface area (Å²) < 4.78 is 0. The summed E-state index contributed by atoms with van der Waals surface area (Å²) in [6.45, 7) is 5.17. The summed E-state index contributed by atoms with van der Waals surface area (Å²) in [6, 6.07) is 17.2. The van der Waals surface area contributed by atoms with Crippen LogP contribution in [0.25, 0.3) is 11.3 Å². The molecule has 6 rings (SSSR count). The number of amidine groups is 1. The van der Waals surface area contributed by atoms with Gasteiger partial charge in [0.2, 0.25) is 0 Å². The van der Waals surface area contributed by atoms with Crippen molar-refractivity contribution in [2.24, 2.45) is 22.6 Å². The van der Waals surface area contributed by atoms with E-state index in [0.717, 1.165) is 45.7 Å². The number of aromatic amines is 1. The first kappa shape index (κ1) is 23.0. The fraction of sp³-hybridized carbons (Fsp3) is 0.400. The number of aromatic nitrogens is 2. The molecule has 2 unspecified atom stereocenters. The molecule has 2 heterocycles. The van der Waals surface area contributed by atoms with Crippen molar-refractivity contribution in [2.75, 3.05) is 6.54 Å². The van der Waals surface area contributed by atoms with Gasteiger partial charge in [0, 0.05) is 22.7 Å². The molecule has 2 aromatic carbocycles. The molecule has 2 aliphatic carbocycles. The number of piperidine rings is 1. The first-order valence-corrected chi connectivity index (χ1v) is 13.1. The van der Waals surface area contributed by atoms with E-state index in [1.165, 1.54) is 25.7 Å². The first-order chi connectivity index (χ1) is 17.5. The molecule has 3 fully saturated rings. The highest BCUT2D eigenvalue weighted by Gasteiger charge is 2.57. The minimum atomic E-state index is 0.335. The molecule has 0 spiro atoms.